The first-order valence-corrected chi connectivity index (χ1v) is 32.9. The number of ether oxygens (including phenoxy) is 8. The fourth-order valence-corrected chi connectivity index (χ4v) is 10.0. The summed E-state index contributed by atoms with van der Waals surface area (Å²) in [4.78, 5) is 76.1. The Bertz CT molecular complexity index is 4660. The van der Waals surface area contributed by atoms with Crippen LogP contribution in [0.4, 0.5) is 46.0 Å². The summed E-state index contributed by atoms with van der Waals surface area (Å²) in [6.45, 7) is 7.11. The van der Waals surface area contributed by atoms with Crippen LogP contribution in [0, 0.1) is 0 Å². The zero-order valence-electron chi connectivity index (χ0n) is 56.8. The number of para-hydroxylation sites is 4. The number of hydrogen-bond donors (Lipinski definition) is 20. The maximum atomic E-state index is 12.3. The first-order chi connectivity index (χ1) is 50.3. The number of guanidine groups is 4. The van der Waals surface area contributed by atoms with Crippen LogP contribution >= 0.6 is 0 Å². The molecule has 4 aliphatic heterocycles. The lowest BCUT2D eigenvalue weighted by molar-refractivity contribution is -0.461. The highest BCUT2D eigenvalue weighted by molar-refractivity contribution is 5.81. The first kappa shape index (κ1) is 75.1. The van der Waals surface area contributed by atoms with E-state index >= 15 is 0 Å². The van der Waals surface area contributed by atoms with Crippen molar-refractivity contribution in [1.29, 1.82) is 0 Å². The fraction of sp³-hybridized carbons (Fsp3) is 0.312. The highest BCUT2D eigenvalue weighted by atomic mass is 16.5. The van der Waals surface area contributed by atoms with Crippen LogP contribution in [0.1, 0.15) is 25.7 Å². The summed E-state index contributed by atoms with van der Waals surface area (Å²) in [6, 6.07) is 21.7. The van der Waals surface area contributed by atoms with E-state index in [9.17, 15) is 19.2 Å². The molecule has 0 radical (unpaired) electrons. The number of nitrogens with zero attached hydrogens (tertiary/aromatic N) is 8. The number of hydrogen-bond acceptors (Lipinski definition) is 24. The van der Waals surface area contributed by atoms with Gasteiger partial charge in [-0.05, 0) is 87.3 Å². The molecular weight excluding hydrogens is 1350 g/mol. The van der Waals surface area contributed by atoms with E-state index in [1.54, 1.807) is 73.3 Å². The van der Waals surface area contributed by atoms with Crippen molar-refractivity contribution in [3.05, 3.63) is 140 Å². The molecular formula is C64H88N28O12+4. The third-order valence-corrected chi connectivity index (χ3v) is 14.8. The smallest absolute Gasteiger partial charge is 0.349 e. The molecule has 0 saturated carbocycles. The van der Waals surface area contributed by atoms with Crippen molar-refractivity contribution in [3.63, 3.8) is 0 Å². The van der Waals surface area contributed by atoms with Crippen molar-refractivity contribution < 1.29 is 57.9 Å². The number of fused-ring (bicyclic) bond motifs is 8. The maximum absolute atomic E-state index is 12.3. The number of anilines is 8. The quantitative estimate of drug-likeness (QED) is 0.0123. The van der Waals surface area contributed by atoms with E-state index in [4.69, 9.17) is 107 Å². The van der Waals surface area contributed by atoms with Crippen LogP contribution < -0.4 is 171 Å². The first-order valence-electron chi connectivity index (χ1n) is 32.9. The normalized spacial score (nSPS) is 11.6. The summed E-state index contributed by atoms with van der Waals surface area (Å²) in [6.07, 6.45) is 9.19. The Balaban J connectivity index is 0.000000161. The molecule has 4 aromatic carbocycles. The van der Waals surface area contributed by atoms with E-state index in [-0.39, 0.29) is 40.9 Å². The molecule has 12 rings (SSSR count). The average molecular weight is 1440 g/mol. The summed E-state index contributed by atoms with van der Waals surface area (Å²) < 4.78 is 52.1. The largest absolute Gasteiger partial charge is 0.490 e. The van der Waals surface area contributed by atoms with E-state index < -0.39 is 5.69 Å². The van der Waals surface area contributed by atoms with Crippen LogP contribution in [-0.2, 0) is 26.2 Å². The van der Waals surface area contributed by atoms with Gasteiger partial charge in [-0.2, -0.15) is 19.9 Å². The van der Waals surface area contributed by atoms with Crippen LogP contribution in [0.15, 0.2) is 117 Å². The number of rotatable bonds is 28. The number of aromatic nitrogens is 8. The second-order valence-electron chi connectivity index (χ2n) is 22.6. The lowest BCUT2D eigenvalue weighted by Gasteiger charge is -2.23. The van der Waals surface area contributed by atoms with Gasteiger partial charge in [0, 0.05) is 39.3 Å². The van der Waals surface area contributed by atoms with Crippen molar-refractivity contribution in [1.82, 2.24) is 38.2 Å². The molecule has 40 heteroatoms. The van der Waals surface area contributed by atoms with Crippen LogP contribution in [-0.4, -0.2) is 141 Å². The van der Waals surface area contributed by atoms with Crippen molar-refractivity contribution in [2.75, 3.05) is 100 Å². The molecule has 0 saturated heterocycles. The molecule has 8 aromatic rings. The minimum absolute atomic E-state index is 0.125. The van der Waals surface area contributed by atoms with Crippen LogP contribution in [0.3, 0.4) is 0 Å². The molecule has 0 unspecified atom stereocenters. The molecule has 104 heavy (non-hydrogen) atoms. The van der Waals surface area contributed by atoms with Gasteiger partial charge in [0.2, 0.25) is 0 Å². The van der Waals surface area contributed by atoms with Gasteiger partial charge in [-0.1, -0.05) is 24.3 Å². The van der Waals surface area contributed by atoms with Crippen molar-refractivity contribution >= 4 is 69.9 Å². The molecule has 4 aromatic heterocycles. The summed E-state index contributed by atoms with van der Waals surface area (Å²) in [5.41, 5.74) is 65.6. The predicted octanol–water partition coefficient (Wildman–Crippen LogP) is -7.30. The Hall–Kier alpha value is -13.1. The standard InChI is InChI=1S/C17H23N9O3.2C16H21N7O3.C15H19N5O3/c18-15(19)22-5-2-7-26-9-12-14(25-17(26)27)24-13-10(3-1-4-11(13)29-12)28-8-6-23-16(20)21;17-5-8-25-10-3-1-4-11-13(10)21-14-12(26-11)9-23(16(24)22-14)7-2-6-20-15(18)19;17-5-2-7-23-9-12-14(22-16(23)24)21-13-10(3-1-4-11(13)26-12)25-8-6-20-15(18)19;16-5-2-7-20-9-12-14(19-15(20)21)18-13-10(22-8-6-17)3-1-4-11(13)23-12/h1,3-4,9H,2,5-8H2,(H4,18,19,22)(H4,20,21,23)(H,24,25,27);2*1,3-4,9H,2,5-8,17H2,(H4,18,19,20)(H,21,22,24);1,3-4,9H,2,5-8,16-17H2,(H,18,19,21)/p+4. The van der Waals surface area contributed by atoms with Crippen LogP contribution in [0.5, 0.6) is 69.0 Å². The molecule has 32 N–H and O–H groups in total. The monoisotopic (exact) mass is 1440 g/mol. The van der Waals surface area contributed by atoms with Crippen molar-refractivity contribution in [3.8, 4) is 69.0 Å². The molecule has 0 fully saturated rings. The third kappa shape index (κ3) is 20.5. The van der Waals surface area contributed by atoms with Crippen LogP contribution in [0.25, 0.3) is 0 Å². The van der Waals surface area contributed by atoms with Crippen LogP contribution in [0.2, 0.25) is 0 Å². The number of aryl methyl sites for hydroxylation is 4. The second kappa shape index (κ2) is 36.8. The Labute approximate surface area is 593 Å². The molecule has 0 bridgehead atoms. The highest BCUT2D eigenvalue weighted by Crippen LogP contribution is 2.48. The van der Waals surface area contributed by atoms with Gasteiger partial charge in [-0.25, -0.2) is 19.2 Å². The van der Waals surface area contributed by atoms with Gasteiger partial charge < -0.3 is 82.1 Å². The Morgan fingerprint density at radius 2 is 0.587 bits per heavy atom. The summed E-state index contributed by atoms with van der Waals surface area (Å²) in [5, 5.41) is 12.4. The van der Waals surface area contributed by atoms with E-state index in [0.717, 1.165) is 0 Å². The van der Waals surface area contributed by atoms with E-state index in [1.807, 2.05) is 24.3 Å². The maximum Gasteiger partial charge on any atom is 0.349 e. The Morgan fingerprint density at radius 3 is 0.837 bits per heavy atom. The topological polar surface area (TPSA) is 630 Å². The summed E-state index contributed by atoms with van der Waals surface area (Å²) in [5.74, 6) is 8.47. The van der Waals surface area contributed by atoms with Gasteiger partial charge in [0.1, 0.15) is 72.2 Å². The van der Waals surface area contributed by atoms with E-state index in [0.29, 0.717) is 246 Å². The fourth-order valence-electron chi connectivity index (χ4n) is 10.0. The molecule has 0 amide bonds. The average Bonchev–Trinajstić information content (AvgIpc) is 0.800. The highest BCUT2D eigenvalue weighted by Gasteiger charge is 2.27. The van der Waals surface area contributed by atoms with Gasteiger partial charge in [-0.15, -0.1) is 0 Å². The molecule has 4 aliphatic rings. The second-order valence-corrected chi connectivity index (χ2v) is 22.6. The van der Waals surface area contributed by atoms with Gasteiger partial charge in [0.05, 0.1) is 51.0 Å². The SMILES string of the molecule is NC(N)=[NH+]CCCn1cc2c(nc1=O)Nc1c(OCC[NH+]=C(N)N)cccc1O2.NCCCn1cc2c(nc1=O)Nc1c(OCCN)cccc1O2.NCCCn1cc2c(nc1=O)Nc1c(OCC[NH+]=C(N)N)cccc1O2.NCCOc1cccc2c1Nc1nc(=O)n(CCC[NH+]=C(N)N)cc1O2. The zero-order chi connectivity index (χ0) is 74.1. The zero-order valence-corrected chi connectivity index (χ0v) is 56.8. The predicted molar refractivity (Wildman–Crippen MR) is 387 cm³/mol. The molecule has 40 nitrogen and oxygen atoms in total. The van der Waals surface area contributed by atoms with Crippen molar-refractivity contribution in [2.45, 2.75) is 51.9 Å². The lowest BCUT2D eigenvalue weighted by atomic mass is 10.2. The van der Waals surface area contributed by atoms with E-state index in [1.165, 1.54) is 18.3 Å². The number of nitrogens with one attached hydrogen (secondary N) is 8. The minimum atomic E-state index is -0.399. The molecule has 8 heterocycles. The number of nitrogens with two attached hydrogens (primary N) is 12. The Kier molecular flexibility index (Phi) is 26.6. The summed E-state index contributed by atoms with van der Waals surface area (Å²) >= 11 is 0. The summed E-state index contributed by atoms with van der Waals surface area (Å²) in [7, 11) is 0. The molecule has 552 valence electrons. The molecule has 0 aliphatic carbocycles. The minimum Gasteiger partial charge on any atom is -0.490 e. The van der Waals surface area contributed by atoms with E-state index in [2.05, 4.69) is 61.2 Å². The lowest BCUT2D eigenvalue weighted by Crippen LogP contribution is -2.79. The van der Waals surface area contributed by atoms with Crippen molar-refractivity contribution in [2.24, 2.45) is 68.8 Å². The molecule has 0 spiro atoms. The third-order valence-electron chi connectivity index (χ3n) is 14.8. The van der Waals surface area contributed by atoms with Gasteiger partial charge in [-0.3, -0.25) is 84.1 Å². The number of benzene rings is 4. The van der Waals surface area contributed by atoms with Gasteiger partial charge in [0.25, 0.3) is 0 Å². The Morgan fingerprint density at radius 1 is 0.337 bits per heavy atom. The van der Waals surface area contributed by atoms with Gasteiger partial charge >= 0.3 is 46.6 Å². The van der Waals surface area contributed by atoms with Gasteiger partial charge in [0.15, 0.2) is 69.3 Å². The molecule has 0 atom stereocenters.